The van der Waals surface area contributed by atoms with Crippen LogP contribution in [0.25, 0.3) is 6.08 Å². The molecule has 1 heterocycles. The fraction of sp³-hybridized carbons (Fsp3) is 0.0952. The lowest BCUT2D eigenvalue weighted by Gasteiger charge is -2.08. The molecule has 27 heavy (non-hydrogen) atoms. The molecule has 136 valence electrons. The molecule has 2 aromatic carbocycles. The van der Waals surface area contributed by atoms with Crippen molar-refractivity contribution in [3.63, 3.8) is 0 Å². The van der Waals surface area contributed by atoms with Gasteiger partial charge in [0.05, 0.1) is 0 Å². The van der Waals surface area contributed by atoms with Crippen LogP contribution in [0.15, 0.2) is 60.7 Å². The van der Waals surface area contributed by atoms with E-state index in [0.717, 1.165) is 17.0 Å². The topological polar surface area (TPSA) is 64.1 Å². The monoisotopic (exact) mass is 363 g/mol. The molecule has 0 unspecified atom stereocenters. The van der Waals surface area contributed by atoms with Crippen molar-refractivity contribution in [2.45, 2.75) is 13.8 Å². The van der Waals surface area contributed by atoms with E-state index in [4.69, 9.17) is 4.74 Å². The summed E-state index contributed by atoms with van der Waals surface area (Å²) < 4.78 is 18.6. The van der Waals surface area contributed by atoms with E-state index in [-0.39, 0.29) is 17.7 Å². The van der Waals surface area contributed by atoms with Crippen LogP contribution < -0.4 is 10.1 Å². The highest BCUT2D eigenvalue weighted by Gasteiger charge is 2.05. The molecule has 1 amide bonds. The third kappa shape index (κ3) is 5.47. The van der Waals surface area contributed by atoms with Crippen molar-refractivity contribution in [1.29, 1.82) is 0 Å². The molecule has 6 heteroatoms. The van der Waals surface area contributed by atoms with E-state index < -0.39 is 0 Å². The molecule has 0 aliphatic rings. The highest BCUT2D eigenvalue weighted by atomic mass is 19.1. The Morgan fingerprint density at radius 2 is 1.74 bits per heavy atom. The molecular formula is C21H18FN3O2. The van der Waals surface area contributed by atoms with Crippen molar-refractivity contribution in [3.05, 3.63) is 83.4 Å². The number of carbonyl (C=O) groups excluding carboxylic acids is 1. The third-order valence-electron chi connectivity index (χ3n) is 3.57. The summed E-state index contributed by atoms with van der Waals surface area (Å²) in [7, 11) is 0. The smallest absolute Gasteiger partial charge is 0.322 e. The molecule has 0 bridgehead atoms. The van der Waals surface area contributed by atoms with E-state index in [1.165, 1.54) is 18.2 Å². The number of nitrogens with one attached hydrogen (secondary N) is 1. The number of benzene rings is 2. The third-order valence-corrected chi connectivity index (χ3v) is 3.57. The zero-order valence-electron chi connectivity index (χ0n) is 14.9. The first-order valence-corrected chi connectivity index (χ1v) is 8.33. The lowest BCUT2D eigenvalue weighted by molar-refractivity contribution is -0.111. The molecule has 0 fully saturated rings. The Kier molecular flexibility index (Phi) is 5.56. The minimum absolute atomic E-state index is 0.257. The van der Waals surface area contributed by atoms with Gasteiger partial charge in [0.15, 0.2) is 0 Å². The maximum absolute atomic E-state index is 12.9. The molecule has 5 nitrogen and oxygen atoms in total. The lowest BCUT2D eigenvalue weighted by atomic mass is 10.2. The first-order chi connectivity index (χ1) is 13.0. The van der Waals surface area contributed by atoms with Crippen LogP contribution in [0.1, 0.15) is 17.0 Å². The second-order valence-electron chi connectivity index (χ2n) is 5.94. The van der Waals surface area contributed by atoms with Crippen molar-refractivity contribution < 1.29 is 13.9 Å². The molecular weight excluding hydrogens is 345 g/mol. The zero-order chi connectivity index (χ0) is 19.2. The second kappa shape index (κ2) is 8.23. The number of carbonyl (C=O) groups is 1. The summed E-state index contributed by atoms with van der Waals surface area (Å²) in [5, 5.41) is 2.75. The summed E-state index contributed by atoms with van der Waals surface area (Å²) in [6, 6.07) is 14.9. The summed E-state index contributed by atoms with van der Waals surface area (Å²) in [6.07, 6.45) is 2.99. The molecule has 1 aromatic heterocycles. The molecule has 1 N–H and O–H groups in total. The average Bonchev–Trinajstić information content (AvgIpc) is 2.61. The normalized spacial score (nSPS) is 10.8. The average molecular weight is 363 g/mol. The van der Waals surface area contributed by atoms with Gasteiger partial charge in [0.1, 0.15) is 11.6 Å². The highest BCUT2D eigenvalue weighted by Crippen LogP contribution is 2.22. The van der Waals surface area contributed by atoms with Gasteiger partial charge in [-0.15, -0.1) is 0 Å². The quantitative estimate of drug-likeness (QED) is 0.669. The van der Waals surface area contributed by atoms with Gasteiger partial charge in [0.2, 0.25) is 5.91 Å². The van der Waals surface area contributed by atoms with E-state index in [1.54, 1.807) is 42.5 Å². The Morgan fingerprint density at radius 3 is 2.44 bits per heavy atom. The largest absolute Gasteiger partial charge is 0.424 e. The molecule has 0 spiro atoms. The predicted molar refractivity (Wildman–Crippen MR) is 102 cm³/mol. The van der Waals surface area contributed by atoms with Gasteiger partial charge >= 0.3 is 6.01 Å². The molecule has 3 rings (SSSR count). The summed E-state index contributed by atoms with van der Waals surface area (Å²) in [5.74, 6) is -0.111. The molecule has 0 saturated carbocycles. The first-order valence-electron chi connectivity index (χ1n) is 8.33. The molecule has 0 aliphatic heterocycles. The number of hydrogen-bond donors (Lipinski definition) is 1. The van der Waals surface area contributed by atoms with Crippen LogP contribution in [0, 0.1) is 19.7 Å². The summed E-state index contributed by atoms with van der Waals surface area (Å²) >= 11 is 0. The SMILES string of the molecule is Cc1cc(C)nc(Oc2cccc(NC(=O)/C=C/c3ccc(F)cc3)c2)n1. The van der Waals surface area contributed by atoms with Crippen LogP contribution in [0.5, 0.6) is 11.8 Å². The van der Waals surface area contributed by atoms with E-state index in [0.29, 0.717) is 11.4 Å². The summed E-state index contributed by atoms with van der Waals surface area (Å²) in [5.41, 5.74) is 2.93. The fourth-order valence-electron chi connectivity index (χ4n) is 2.41. The van der Waals surface area contributed by atoms with Gasteiger partial charge in [0.25, 0.3) is 0 Å². The zero-order valence-corrected chi connectivity index (χ0v) is 14.9. The van der Waals surface area contributed by atoms with E-state index >= 15 is 0 Å². The predicted octanol–water partition coefficient (Wildman–Crippen LogP) is 4.68. The van der Waals surface area contributed by atoms with Gasteiger partial charge in [-0.3, -0.25) is 4.79 Å². The van der Waals surface area contributed by atoms with Crippen molar-refractivity contribution in [2.75, 3.05) is 5.32 Å². The number of aryl methyl sites for hydroxylation is 2. The van der Waals surface area contributed by atoms with E-state index in [2.05, 4.69) is 15.3 Å². The number of halogens is 1. The van der Waals surface area contributed by atoms with Crippen LogP contribution in [0.4, 0.5) is 10.1 Å². The van der Waals surface area contributed by atoms with Gasteiger partial charge in [-0.1, -0.05) is 18.2 Å². The summed E-state index contributed by atoms with van der Waals surface area (Å²) in [6.45, 7) is 3.73. The van der Waals surface area contributed by atoms with Crippen molar-refractivity contribution >= 4 is 17.7 Å². The maximum atomic E-state index is 12.9. The number of aromatic nitrogens is 2. The number of ether oxygens (including phenoxy) is 1. The Hall–Kier alpha value is -3.54. The van der Waals surface area contributed by atoms with Crippen LogP contribution in [0.3, 0.4) is 0 Å². The molecule has 0 aliphatic carbocycles. The standard InChI is InChI=1S/C21H18FN3O2/c1-14-12-15(2)24-21(23-14)27-19-5-3-4-18(13-19)25-20(26)11-8-16-6-9-17(22)10-7-16/h3-13H,1-2H3,(H,25,26)/b11-8+. The summed E-state index contributed by atoms with van der Waals surface area (Å²) in [4.78, 5) is 20.5. The number of amides is 1. The van der Waals surface area contributed by atoms with E-state index in [1.807, 2.05) is 19.9 Å². The van der Waals surface area contributed by atoms with Crippen LogP contribution in [-0.2, 0) is 4.79 Å². The fourth-order valence-corrected chi connectivity index (χ4v) is 2.41. The number of nitrogens with zero attached hydrogens (tertiary/aromatic N) is 2. The van der Waals surface area contributed by atoms with Gasteiger partial charge in [-0.2, -0.15) is 0 Å². The molecule has 0 radical (unpaired) electrons. The van der Waals surface area contributed by atoms with Crippen LogP contribution >= 0.6 is 0 Å². The van der Waals surface area contributed by atoms with Crippen LogP contribution in [-0.4, -0.2) is 15.9 Å². The molecule has 3 aromatic rings. The van der Waals surface area contributed by atoms with Gasteiger partial charge in [-0.05, 0) is 55.8 Å². The van der Waals surface area contributed by atoms with Gasteiger partial charge in [-0.25, -0.2) is 14.4 Å². The van der Waals surface area contributed by atoms with Crippen molar-refractivity contribution in [2.24, 2.45) is 0 Å². The van der Waals surface area contributed by atoms with E-state index in [9.17, 15) is 9.18 Å². The number of anilines is 1. The first kappa shape index (κ1) is 18.3. The Bertz CT molecular complexity index is 965. The minimum atomic E-state index is -0.318. The Morgan fingerprint density at radius 1 is 1.04 bits per heavy atom. The minimum Gasteiger partial charge on any atom is -0.424 e. The second-order valence-corrected chi connectivity index (χ2v) is 5.94. The Labute approximate surface area is 156 Å². The van der Waals surface area contributed by atoms with Gasteiger partial charge in [0, 0.05) is 29.2 Å². The van der Waals surface area contributed by atoms with Crippen molar-refractivity contribution in [3.8, 4) is 11.8 Å². The highest BCUT2D eigenvalue weighted by molar-refractivity contribution is 6.02. The number of rotatable bonds is 5. The Balaban J connectivity index is 1.66. The molecule has 0 atom stereocenters. The van der Waals surface area contributed by atoms with Crippen LogP contribution in [0.2, 0.25) is 0 Å². The lowest BCUT2D eigenvalue weighted by Crippen LogP contribution is -2.07. The van der Waals surface area contributed by atoms with Gasteiger partial charge < -0.3 is 10.1 Å². The molecule has 0 saturated heterocycles. The number of hydrogen-bond acceptors (Lipinski definition) is 4. The maximum Gasteiger partial charge on any atom is 0.322 e. The van der Waals surface area contributed by atoms with Crippen molar-refractivity contribution in [1.82, 2.24) is 9.97 Å².